The second-order valence-corrected chi connectivity index (χ2v) is 16.3. The van der Waals surface area contributed by atoms with Crippen molar-refractivity contribution >= 4 is 34.1 Å². The summed E-state index contributed by atoms with van der Waals surface area (Å²) < 4.78 is 33.3. The molecule has 68 heavy (non-hydrogen) atoms. The zero-order chi connectivity index (χ0) is 52.6. The molecule has 0 bridgehead atoms. The van der Waals surface area contributed by atoms with Crippen LogP contribution >= 0.6 is 16.4 Å². The van der Waals surface area contributed by atoms with E-state index in [0.29, 0.717) is 0 Å². The summed E-state index contributed by atoms with van der Waals surface area (Å²) in [5, 5.41) is 77.8. The van der Waals surface area contributed by atoms with Crippen LogP contribution in [-0.2, 0) is 32.7 Å². The Balaban J connectivity index is -0.000000250. The predicted molar refractivity (Wildman–Crippen MR) is 257 cm³/mol. The molecule has 3 rings (SSSR count). The van der Waals surface area contributed by atoms with Gasteiger partial charge < -0.3 is 75.8 Å². The van der Waals surface area contributed by atoms with Gasteiger partial charge in [-0.3, -0.25) is 18.5 Å². The van der Waals surface area contributed by atoms with Crippen LogP contribution in [0.15, 0.2) is 17.1 Å². The number of aromatic nitrogens is 2. The van der Waals surface area contributed by atoms with Crippen molar-refractivity contribution in [3.63, 3.8) is 0 Å². The number of carbonyl (C=O) groups is 2. The third kappa shape index (κ3) is 33.5. The summed E-state index contributed by atoms with van der Waals surface area (Å²) in [4.78, 5) is 52.5. The van der Waals surface area contributed by atoms with Crippen LogP contribution in [0.4, 0.5) is 5.82 Å². The molecule has 25 heteroatoms. The minimum absolute atomic E-state index is 0. The first-order valence-electron chi connectivity index (χ1n) is 23.4. The van der Waals surface area contributed by atoms with E-state index in [-0.39, 0.29) is 71.5 Å². The third-order valence-corrected chi connectivity index (χ3v) is 10.6. The summed E-state index contributed by atoms with van der Waals surface area (Å²) in [5.74, 6) is -6.72. The molecule has 2 saturated heterocycles. The van der Waals surface area contributed by atoms with Crippen LogP contribution in [0, 0.1) is 0 Å². The molecule has 2 aliphatic rings. The van der Waals surface area contributed by atoms with Gasteiger partial charge >= 0.3 is 64.8 Å². The quantitative estimate of drug-likeness (QED) is 0.0502. The number of likely N-dealkylation sites (N-methyl/N-ethyl adjacent to an activating group) is 1. The molecule has 0 aliphatic carbocycles. The van der Waals surface area contributed by atoms with E-state index in [2.05, 4.69) is 79.8 Å². The molecule has 21 nitrogen and oxygen atoms in total. The van der Waals surface area contributed by atoms with Crippen LogP contribution in [0.2, 0.25) is 0 Å². The van der Waals surface area contributed by atoms with Crippen LogP contribution in [0.5, 0.6) is 0 Å². The van der Waals surface area contributed by atoms with Gasteiger partial charge in [0.1, 0.15) is 48.4 Å². The van der Waals surface area contributed by atoms with Crippen LogP contribution in [0.1, 0.15) is 148 Å². The molecule has 3 heterocycles. The number of aliphatic carboxylic acids is 1. The van der Waals surface area contributed by atoms with Gasteiger partial charge in [-0.15, -0.1) is 8.58 Å². The normalized spacial score (nSPS) is 23.8. The van der Waals surface area contributed by atoms with E-state index < -0.39 is 106 Å². The topological polar surface area (TPSA) is 341 Å². The number of nitrogens with two attached hydrogens (primary N) is 1. The number of nitrogen functional groups attached to an aromatic ring is 1. The van der Waals surface area contributed by atoms with Gasteiger partial charge in [0.15, 0.2) is 6.23 Å². The summed E-state index contributed by atoms with van der Waals surface area (Å²) in [6.45, 7) is 27.0. The fourth-order valence-electron chi connectivity index (χ4n) is 4.71. The third-order valence-electron chi connectivity index (χ3n) is 8.59. The van der Waals surface area contributed by atoms with Gasteiger partial charge in [0.2, 0.25) is 11.7 Å². The molecule has 0 saturated carbocycles. The van der Waals surface area contributed by atoms with Gasteiger partial charge in [0, 0.05) is 12.6 Å². The molecule has 396 valence electrons. The smallest absolute Gasteiger partial charge is 0.756 e. The molecule has 2 fully saturated rings. The number of aliphatic hydroxyl groups is 6. The van der Waals surface area contributed by atoms with E-state index in [4.69, 9.17) is 15.2 Å². The second-order valence-electron chi connectivity index (χ2n) is 13.8. The van der Waals surface area contributed by atoms with Crippen molar-refractivity contribution in [3.05, 3.63) is 22.7 Å². The molecule has 12 atom stereocenters. The fourth-order valence-corrected chi connectivity index (χ4v) is 6.15. The minimum Gasteiger partial charge on any atom is -0.756 e. The van der Waals surface area contributed by atoms with Crippen LogP contribution in [0.25, 0.3) is 0 Å². The Morgan fingerprint density at radius 1 is 0.956 bits per heavy atom. The van der Waals surface area contributed by atoms with Gasteiger partial charge in [-0.1, -0.05) is 135 Å². The number of hydrogen-bond acceptors (Lipinski definition) is 19. The largest absolute Gasteiger partial charge is 1.00 e. The van der Waals surface area contributed by atoms with Crippen LogP contribution in [0.3, 0.4) is 0 Å². The van der Waals surface area contributed by atoms with Crippen LogP contribution in [-0.4, -0.2) is 146 Å². The molecular formula is C43H91N5Na2O16P2. The van der Waals surface area contributed by atoms with Crippen molar-refractivity contribution in [1.82, 2.24) is 20.2 Å². The number of aliphatic hydroxyl groups excluding tert-OH is 6. The number of anilines is 1. The predicted octanol–water partition coefficient (Wildman–Crippen LogP) is -3.83. The van der Waals surface area contributed by atoms with Gasteiger partial charge in [-0.2, -0.15) is 4.98 Å². The molecule has 0 aromatic carbocycles. The number of nitrogens with zero attached hydrogens (tertiary/aromatic N) is 2. The van der Waals surface area contributed by atoms with Crippen molar-refractivity contribution in [1.29, 1.82) is 0 Å². The summed E-state index contributed by atoms with van der Waals surface area (Å²) >= 11 is 0. The Hall–Kier alpha value is -0.200. The molecule has 10 N–H and O–H groups in total. The zero-order valence-corrected chi connectivity index (χ0v) is 50.4. The number of rotatable bonds is 18. The SMILES string of the molecule is CC.CC.CC.CCCC.CCCC.CCCC.CCCPC.CNCC(=O)NC1C(O)CC(OP(=O)([O-])OCC2OC(n3ccc(N)nc3=O)C(O)C2O)(C(=O)[O-])OC1[C@H](O)[C@H](O)CO.[Na+].[Na+]. The number of ether oxygens (including phenoxy) is 2. The van der Waals surface area contributed by atoms with E-state index >= 15 is 0 Å². The first kappa shape index (κ1) is 81.8. The van der Waals surface area contributed by atoms with Gasteiger partial charge in [0.25, 0.3) is 7.82 Å². The van der Waals surface area contributed by atoms with Crippen molar-refractivity contribution < 1.29 is 132 Å². The Morgan fingerprint density at radius 3 is 1.81 bits per heavy atom. The van der Waals surface area contributed by atoms with Crippen molar-refractivity contribution in [3.8, 4) is 0 Å². The summed E-state index contributed by atoms with van der Waals surface area (Å²) in [6.07, 6.45) is -4.56. The van der Waals surface area contributed by atoms with Gasteiger partial charge in [-0.05, 0) is 25.9 Å². The Morgan fingerprint density at radius 2 is 1.44 bits per heavy atom. The zero-order valence-electron chi connectivity index (χ0n) is 44.5. The Bertz CT molecular complexity index is 1420. The van der Waals surface area contributed by atoms with Gasteiger partial charge in [-0.25, -0.2) is 4.79 Å². The number of amides is 1. The molecule has 1 aromatic rings. The van der Waals surface area contributed by atoms with E-state index in [9.17, 15) is 59.6 Å². The number of carbonyl (C=O) groups excluding carboxylic acids is 2. The number of phosphoric ester groups is 1. The second kappa shape index (κ2) is 50.3. The first-order valence-corrected chi connectivity index (χ1v) is 26.5. The molecule has 0 radical (unpaired) electrons. The van der Waals surface area contributed by atoms with Crippen molar-refractivity contribution in [2.45, 2.75) is 202 Å². The maximum atomic E-state index is 12.7. The Kier molecular flexibility index (Phi) is 60.6. The maximum absolute atomic E-state index is 12.7. The van der Waals surface area contributed by atoms with Crippen molar-refractivity contribution in [2.24, 2.45) is 0 Å². The Labute approximate surface area is 453 Å². The number of nitrogens with one attached hydrogen (secondary N) is 2. The maximum Gasteiger partial charge on any atom is 1.00 e. The van der Waals surface area contributed by atoms with Crippen LogP contribution < -0.4 is 91.2 Å². The first-order chi connectivity index (χ1) is 31.2. The summed E-state index contributed by atoms with van der Waals surface area (Å²) in [7, 11) is -3.26. The molecule has 2 aliphatic heterocycles. The number of hydrogen-bond donors (Lipinski definition) is 9. The molecular weight excluding hydrogens is 950 g/mol. The molecule has 1 amide bonds. The minimum atomic E-state index is -5.83. The average Bonchev–Trinajstić information content (AvgIpc) is 3.59. The fraction of sp³-hybridized carbons (Fsp3) is 0.860. The van der Waals surface area contributed by atoms with E-state index in [1.807, 2.05) is 41.5 Å². The number of unbranched alkanes of at least 4 members (excludes halogenated alkanes) is 3. The number of phosphoric acid groups is 1. The van der Waals surface area contributed by atoms with E-state index in [0.717, 1.165) is 19.3 Å². The molecule has 10 unspecified atom stereocenters. The van der Waals surface area contributed by atoms with E-state index in [1.165, 1.54) is 64.2 Å². The average molecular weight is 1040 g/mol. The standard InChI is InChI=1S/C21H34N5O16P.C4H11P.3C4H10.3C2H6.2Na/c1-23-5-12(30)25-13-8(28)4-21(19(34)35,41-17(13)14(31)9(29)6-27)42-43(37,38)39-7-10-15(32)16(33)18(40-10)26-3-2-11(22)24-20(26)36;1-3-4-5-2;3*1-3-4-2;3*1-2;;/h2-3,8-10,13-18,23,27-29,31-33H,4-7H2,1H3,(H,25,30)(H,34,35)(H,37,38)(H2,22,24,36);5H,3-4H2,1-2H3;3*3-4H2,1-2H3;3*1-2H3;;/q;;;;;;;;2*+1/p-2/t8?,9-,10?,13?,14-,15?,16?,17?,18?,21?;;;;;;;;;/m1........./s1. The van der Waals surface area contributed by atoms with Gasteiger partial charge in [0.05, 0.1) is 31.9 Å². The van der Waals surface area contributed by atoms with Crippen molar-refractivity contribution in [2.75, 3.05) is 45.4 Å². The molecule has 1 aromatic heterocycles. The molecule has 0 spiro atoms. The number of carboxylic acids is 1. The summed E-state index contributed by atoms with van der Waals surface area (Å²) in [6, 6.07) is -0.460. The summed E-state index contributed by atoms with van der Waals surface area (Å²) in [5.41, 5.74) is 4.44. The van der Waals surface area contributed by atoms with E-state index in [1.54, 1.807) is 0 Å². The monoisotopic (exact) mass is 1040 g/mol. The number of carboxylic acid groups (broad SMARTS) is 1.